The molecule has 3 aromatic carbocycles. The van der Waals surface area contributed by atoms with E-state index in [0.717, 1.165) is 5.56 Å². The Morgan fingerprint density at radius 1 is 0.914 bits per heavy atom. The minimum atomic E-state index is -2.78. The Kier molecular flexibility index (Phi) is 8.20. The Labute approximate surface area is 210 Å². The number of hydrogen-bond donors (Lipinski definition) is 1. The van der Waals surface area contributed by atoms with Crippen LogP contribution < -0.4 is 16.1 Å². The molecule has 0 spiro atoms. The van der Waals surface area contributed by atoms with Gasteiger partial charge in [0.05, 0.1) is 19.7 Å². The maximum absolute atomic E-state index is 13.4. The fraction of sp³-hybridized carbons (Fsp3) is 0.233. The molecular formula is C30H32N2O2Si. The Morgan fingerprint density at radius 3 is 1.89 bits per heavy atom. The first-order chi connectivity index (χ1) is 16.7. The summed E-state index contributed by atoms with van der Waals surface area (Å²) in [5.41, 5.74) is 7.75. The summed E-state index contributed by atoms with van der Waals surface area (Å²) >= 11 is 0. The van der Waals surface area contributed by atoms with Gasteiger partial charge in [-0.1, -0.05) is 99.3 Å². The quantitative estimate of drug-likeness (QED) is 0.301. The zero-order chi connectivity index (χ0) is 25.5. The number of amides is 1. The SMILES string of the molecule is C#CCN(CC#C)C(=O)c1cc(N)ccc1CO[Si](c1ccccc1)(c1ccccc1)C(C)(C)C. The number of anilines is 1. The Hall–Kier alpha value is -3.77. The van der Waals surface area contributed by atoms with Crippen molar-refractivity contribution in [1.29, 1.82) is 0 Å². The van der Waals surface area contributed by atoms with Gasteiger partial charge in [-0.3, -0.25) is 4.79 Å². The van der Waals surface area contributed by atoms with E-state index in [4.69, 9.17) is 23.0 Å². The van der Waals surface area contributed by atoms with Crippen LogP contribution in [0.1, 0.15) is 36.7 Å². The summed E-state index contributed by atoms with van der Waals surface area (Å²) in [7, 11) is -2.78. The number of carbonyl (C=O) groups excluding carboxylic acids is 1. The molecule has 0 saturated carbocycles. The van der Waals surface area contributed by atoms with Crippen LogP contribution >= 0.6 is 0 Å². The van der Waals surface area contributed by atoms with E-state index in [-0.39, 0.29) is 30.6 Å². The molecule has 1 amide bonds. The fourth-order valence-corrected chi connectivity index (χ4v) is 8.98. The number of carbonyl (C=O) groups is 1. The van der Waals surface area contributed by atoms with E-state index in [9.17, 15) is 4.79 Å². The highest BCUT2D eigenvalue weighted by Crippen LogP contribution is 2.37. The van der Waals surface area contributed by atoms with Crippen molar-refractivity contribution < 1.29 is 9.22 Å². The smallest absolute Gasteiger partial charge is 0.261 e. The van der Waals surface area contributed by atoms with Crippen LogP contribution in [-0.2, 0) is 11.0 Å². The number of rotatable bonds is 8. The zero-order valence-corrected chi connectivity index (χ0v) is 21.6. The largest absolute Gasteiger partial charge is 0.403 e. The molecule has 0 fully saturated rings. The van der Waals surface area contributed by atoms with Crippen molar-refractivity contribution >= 4 is 30.3 Å². The number of nitrogens with two attached hydrogens (primary N) is 1. The predicted molar refractivity (Wildman–Crippen MR) is 147 cm³/mol. The minimum absolute atomic E-state index is 0.118. The van der Waals surface area contributed by atoms with E-state index in [2.05, 4.69) is 56.9 Å². The molecule has 0 aliphatic heterocycles. The van der Waals surface area contributed by atoms with Crippen molar-refractivity contribution in [2.24, 2.45) is 0 Å². The summed E-state index contributed by atoms with van der Waals surface area (Å²) in [4.78, 5) is 14.9. The van der Waals surface area contributed by atoms with Gasteiger partial charge in [-0.25, -0.2) is 0 Å². The molecule has 5 heteroatoms. The molecular weight excluding hydrogens is 448 g/mol. The molecule has 4 nitrogen and oxygen atoms in total. The lowest BCUT2D eigenvalue weighted by atomic mass is 10.1. The maximum Gasteiger partial charge on any atom is 0.261 e. The van der Waals surface area contributed by atoms with Crippen LogP contribution in [0.15, 0.2) is 78.9 Å². The minimum Gasteiger partial charge on any atom is -0.403 e. The van der Waals surface area contributed by atoms with Crippen LogP contribution in [0.5, 0.6) is 0 Å². The average Bonchev–Trinajstić information content (AvgIpc) is 2.85. The molecule has 0 heterocycles. The van der Waals surface area contributed by atoms with Crippen LogP contribution in [-0.4, -0.2) is 32.2 Å². The van der Waals surface area contributed by atoms with Gasteiger partial charge in [0.1, 0.15) is 0 Å². The normalized spacial score (nSPS) is 11.3. The third kappa shape index (κ3) is 5.49. The van der Waals surface area contributed by atoms with E-state index in [1.807, 2.05) is 42.5 Å². The Morgan fingerprint density at radius 2 is 1.43 bits per heavy atom. The second kappa shape index (κ2) is 11.1. The highest BCUT2D eigenvalue weighted by atomic mass is 28.4. The van der Waals surface area contributed by atoms with Crippen molar-refractivity contribution in [2.45, 2.75) is 32.4 Å². The van der Waals surface area contributed by atoms with Crippen molar-refractivity contribution in [1.82, 2.24) is 4.90 Å². The fourth-order valence-electron chi connectivity index (χ4n) is 4.46. The molecule has 0 aliphatic rings. The molecule has 3 rings (SSSR count). The number of hydrogen-bond acceptors (Lipinski definition) is 3. The van der Waals surface area contributed by atoms with Crippen LogP contribution in [0.3, 0.4) is 0 Å². The van der Waals surface area contributed by atoms with E-state index >= 15 is 0 Å². The summed E-state index contributed by atoms with van der Waals surface area (Å²) in [6, 6.07) is 26.1. The highest BCUT2D eigenvalue weighted by molar-refractivity contribution is 6.99. The van der Waals surface area contributed by atoms with Crippen LogP contribution in [0.4, 0.5) is 5.69 Å². The second-order valence-electron chi connectivity index (χ2n) is 9.44. The molecule has 0 saturated heterocycles. The molecule has 0 aromatic heterocycles. The van der Waals surface area contributed by atoms with Gasteiger partial charge in [-0.15, -0.1) is 12.8 Å². The molecule has 3 aromatic rings. The van der Waals surface area contributed by atoms with Gasteiger partial charge in [-0.2, -0.15) is 0 Å². The molecule has 35 heavy (non-hydrogen) atoms. The monoisotopic (exact) mass is 480 g/mol. The maximum atomic E-state index is 13.4. The first-order valence-electron chi connectivity index (χ1n) is 11.5. The van der Waals surface area contributed by atoms with Gasteiger partial charge in [0.25, 0.3) is 14.2 Å². The molecule has 178 valence electrons. The lowest BCUT2D eigenvalue weighted by Gasteiger charge is -2.43. The predicted octanol–water partition coefficient (Wildman–Crippen LogP) is 4.05. The standard InChI is InChI=1S/C30H32N2O2Si/c1-6-20-32(21-7-2)29(33)28-22-25(31)19-18-24(28)23-34-35(30(3,4)5,26-14-10-8-11-15-26)27-16-12-9-13-17-27/h1-2,8-19,22H,20-21,23,31H2,3-5H3. The number of nitrogens with zero attached hydrogens (tertiary/aromatic N) is 1. The number of benzene rings is 3. The van der Waals surface area contributed by atoms with Crippen molar-refractivity contribution in [3.63, 3.8) is 0 Å². The van der Waals surface area contributed by atoms with E-state index in [1.165, 1.54) is 15.3 Å². The van der Waals surface area contributed by atoms with E-state index in [1.54, 1.807) is 12.1 Å². The van der Waals surface area contributed by atoms with Crippen LogP contribution in [0.2, 0.25) is 5.04 Å². The van der Waals surface area contributed by atoms with Gasteiger partial charge in [-0.05, 0) is 33.1 Å². The van der Waals surface area contributed by atoms with Gasteiger partial charge < -0.3 is 15.1 Å². The molecule has 0 aliphatic carbocycles. The first-order valence-corrected chi connectivity index (χ1v) is 13.4. The van der Waals surface area contributed by atoms with Gasteiger partial charge >= 0.3 is 0 Å². The van der Waals surface area contributed by atoms with Crippen LogP contribution in [0, 0.1) is 24.7 Å². The third-order valence-corrected chi connectivity index (χ3v) is 11.1. The lowest BCUT2D eigenvalue weighted by molar-refractivity contribution is 0.0793. The van der Waals surface area contributed by atoms with Gasteiger partial charge in [0.15, 0.2) is 0 Å². The molecule has 0 radical (unpaired) electrons. The van der Waals surface area contributed by atoms with Crippen molar-refractivity contribution in [3.8, 4) is 24.7 Å². The summed E-state index contributed by atoms with van der Waals surface area (Å²) in [5, 5.41) is 2.15. The topological polar surface area (TPSA) is 55.6 Å². The van der Waals surface area contributed by atoms with E-state index < -0.39 is 8.32 Å². The Balaban J connectivity index is 2.10. The second-order valence-corrected chi connectivity index (χ2v) is 13.7. The molecule has 0 bridgehead atoms. The number of nitrogen functional groups attached to an aromatic ring is 1. The molecule has 0 atom stereocenters. The van der Waals surface area contributed by atoms with Crippen molar-refractivity contribution in [3.05, 3.63) is 90.0 Å². The van der Waals surface area contributed by atoms with Gasteiger partial charge in [0.2, 0.25) is 0 Å². The molecule has 2 N–H and O–H groups in total. The summed E-state index contributed by atoms with van der Waals surface area (Å²) in [5.74, 6) is 4.77. The Bertz CT molecular complexity index is 1180. The lowest BCUT2D eigenvalue weighted by Crippen LogP contribution is -2.66. The summed E-state index contributed by atoms with van der Waals surface area (Å²) < 4.78 is 7.03. The zero-order valence-electron chi connectivity index (χ0n) is 20.6. The van der Waals surface area contributed by atoms with Crippen molar-refractivity contribution in [2.75, 3.05) is 18.8 Å². The molecule has 0 unspecified atom stereocenters. The average molecular weight is 481 g/mol. The van der Waals surface area contributed by atoms with E-state index in [0.29, 0.717) is 11.3 Å². The number of terminal acetylenes is 2. The highest BCUT2D eigenvalue weighted by Gasteiger charge is 2.50. The van der Waals surface area contributed by atoms with Crippen LogP contribution in [0.25, 0.3) is 0 Å². The first kappa shape index (κ1) is 25.8. The summed E-state index contributed by atoms with van der Waals surface area (Å²) in [6.07, 6.45) is 11.0. The van der Waals surface area contributed by atoms with Gasteiger partial charge in [0, 0.05) is 11.3 Å². The summed E-state index contributed by atoms with van der Waals surface area (Å²) in [6.45, 7) is 7.13. The third-order valence-electron chi connectivity index (χ3n) is 6.08.